The van der Waals surface area contributed by atoms with Crippen molar-refractivity contribution in [3.8, 4) is 44.5 Å². The van der Waals surface area contributed by atoms with Crippen molar-refractivity contribution < 1.29 is 0 Å². The first kappa shape index (κ1) is 43.6. The Hall–Kier alpha value is -8.72. The van der Waals surface area contributed by atoms with E-state index in [1.807, 2.05) is 0 Å². The van der Waals surface area contributed by atoms with Gasteiger partial charge in [0.1, 0.15) is 0 Å². The fourth-order valence-electron chi connectivity index (χ4n) is 11.0. The molecule has 2 nitrogen and oxygen atoms in total. The van der Waals surface area contributed by atoms with E-state index in [0.717, 1.165) is 22.7 Å². The Morgan fingerprint density at radius 1 is 0.310 bits per heavy atom. The van der Waals surface area contributed by atoms with Gasteiger partial charge in [-0.05, 0) is 128 Å². The fourth-order valence-corrected chi connectivity index (χ4v) is 11.0. The molecule has 0 saturated carbocycles. The molecule has 0 saturated heterocycles. The average molecular weight is 911 g/mol. The molecule has 0 N–H and O–H groups in total. The highest BCUT2D eigenvalue weighted by molar-refractivity contribution is 6.29. The largest absolute Gasteiger partial charge is 0.309 e. The van der Waals surface area contributed by atoms with Crippen LogP contribution in [0.5, 0.6) is 0 Å². The topological polar surface area (TPSA) is 6.48 Å². The monoisotopic (exact) mass is 910 g/mol. The maximum absolute atomic E-state index is 2.56. The average Bonchev–Trinajstić information content (AvgIpc) is 3.42. The van der Waals surface area contributed by atoms with Gasteiger partial charge in [-0.1, -0.05) is 226 Å². The smallest absolute Gasteiger partial charge is 0.0569 e. The van der Waals surface area contributed by atoms with Crippen molar-refractivity contribution in [3.63, 3.8) is 0 Å². The number of hydrogen-bond acceptors (Lipinski definition) is 2. The van der Waals surface area contributed by atoms with E-state index < -0.39 is 0 Å². The zero-order chi connectivity index (χ0) is 48.0. The minimum Gasteiger partial charge on any atom is -0.309 e. The highest BCUT2D eigenvalue weighted by Crippen LogP contribution is 2.53. The molecule has 0 aliphatic rings. The molecular weight excluding hydrogens is 857 g/mol. The Balaban J connectivity index is 1.17. The first-order chi connectivity index (χ1) is 34.9. The van der Waals surface area contributed by atoms with E-state index in [9.17, 15) is 0 Å². The van der Waals surface area contributed by atoms with E-state index in [-0.39, 0.29) is 5.92 Å². The second kappa shape index (κ2) is 18.3. The lowest BCUT2D eigenvalue weighted by Gasteiger charge is -2.33. The number of benzene rings is 12. The van der Waals surface area contributed by atoms with Crippen LogP contribution in [-0.4, -0.2) is 0 Å². The molecule has 12 aromatic rings. The van der Waals surface area contributed by atoms with Gasteiger partial charge in [-0.15, -0.1) is 0 Å². The van der Waals surface area contributed by atoms with Crippen LogP contribution in [0.2, 0.25) is 0 Å². The Morgan fingerprint density at radius 2 is 0.718 bits per heavy atom. The first-order valence-electron chi connectivity index (χ1n) is 24.9. The molecule has 0 unspecified atom stereocenters. The van der Waals surface area contributed by atoms with Crippen molar-refractivity contribution in [1.29, 1.82) is 0 Å². The van der Waals surface area contributed by atoms with Crippen LogP contribution in [0.25, 0.3) is 76.8 Å². The molecule has 71 heavy (non-hydrogen) atoms. The summed E-state index contributed by atoms with van der Waals surface area (Å²) in [5, 5.41) is 7.49. The molecule has 0 aliphatic heterocycles. The quantitative estimate of drug-likeness (QED) is 0.119. The van der Waals surface area contributed by atoms with E-state index in [2.05, 4.69) is 286 Å². The summed E-state index contributed by atoms with van der Waals surface area (Å²) in [6.45, 7) is 9.20. The molecule has 12 aromatic carbocycles. The van der Waals surface area contributed by atoms with Crippen molar-refractivity contribution in [2.45, 2.75) is 33.6 Å². The van der Waals surface area contributed by atoms with E-state index in [1.165, 1.54) is 105 Å². The molecule has 0 atom stereocenters. The Morgan fingerprint density at radius 3 is 1.23 bits per heavy atom. The number of para-hydroxylation sites is 2. The van der Waals surface area contributed by atoms with Crippen molar-refractivity contribution >= 4 is 66.4 Å². The van der Waals surface area contributed by atoms with Gasteiger partial charge >= 0.3 is 0 Å². The van der Waals surface area contributed by atoms with E-state index in [0.29, 0.717) is 0 Å². The molecule has 0 amide bonds. The molecule has 0 aromatic heterocycles. The zero-order valence-corrected chi connectivity index (χ0v) is 40.6. The summed E-state index contributed by atoms with van der Waals surface area (Å²) in [5.74, 6) is 0.248. The third-order valence-corrected chi connectivity index (χ3v) is 14.4. The van der Waals surface area contributed by atoms with Gasteiger partial charge in [-0.3, -0.25) is 0 Å². The van der Waals surface area contributed by atoms with Crippen LogP contribution in [-0.2, 0) is 0 Å². The summed E-state index contributed by atoms with van der Waals surface area (Å²) in [6.07, 6.45) is 0. The van der Waals surface area contributed by atoms with Crippen LogP contribution in [0.1, 0.15) is 36.5 Å². The lowest BCUT2D eigenvalue weighted by atomic mass is 9.86. The maximum Gasteiger partial charge on any atom is 0.0569 e. The minimum absolute atomic E-state index is 0.248. The van der Waals surface area contributed by atoms with Crippen molar-refractivity contribution in [2.24, 2.45) is 0 Å². The number of rotatable bonds is 11. The molecule has 0 aliphatic carbocycles. The van der Waals surface area contributed by atoms with Crippen molar-refractivity contribution in [3.05, 3.63) is 265 Å². The van der Waals surface area contributed by atoms with Crippen LogP contribution < -0.4 is 9.80 Å². The molecule has 0 bridgehead atoms. The molecule has 0 heterocycles. The Labute approximate surface area is 417 Å². The summed E-state index contributed by atoms with van der Waals surface area (Å²) in [5.41, 5.74) is 20.1. The van der Waals surface area contributed by atoms with Crippen LogP contribution in [0, 0.1) is 13.8 Å². The second-order valence-electron chi connectivity index (χ2n) is 19.1. The standard InChI is InChI=1S/C69H54N2/c1-46(2)63-45-65(71(57-34-20-32-55(44-57)50-25-11-6-12-26-50)69-48(4)22-18-36-59(69)52-29-15-8-16-30-52)62-39-37-53-38-42-64(61-41-40-60(63)67(62)66(53)61)70(56-33-19-31-54(43-56)49-23-9-5-10-24-49)68-47(3)21-17-35-58(68)51-27-13-7-14-28-51/h5-46H,1-4H3. The summed E-state index contributed by atoms with van der Waals surface area (Å²) >= 11 is 0. The van der Waals surface area contributed by atoms with Gasteiger partial charge in [0.05, 0.1) is 22.7 Å². The fraction of sp³-hybridized carbons (Fsp3) is 0.0725. The predicted octanol–water partition coefficient (Wildman–Crippen LogP) is 19.9. The van der Waals surface area contributed by atoms with E-state index in [1.54, 1.807) is 0 Å². The second-order valence-corrected chi connectivity index (χ2v) is 19.1. The molecule has 0 fully saturated rings. The van der Waals surface area contributed by atoms with Gasteiger partial charge < -0.3 is 9.80 Å². The molecule has 340 valence electrons. The summed E-state index contributed by atoms with van der Waals surface area (Å²) in [4.78, 5) is 5.09. The number of aryl methyl sites for hydroxylation is 2. The van der Waals surface area contributed by atoms with Gasteiger partial charge in [0, 0.05) is 33.3 Å². The summed E-state index contributed by atoms with van der Waals surface area (Å²) < 4.78 is 0. The first-order valence-corrected chi connectivity index (χ1v) is 24.9. The van der Waals surface area contributed by atoms with E-state index in [4.69, 9.17) is 0 Å². The molecule has 12 rings (SSSR count). The summed E-state index contributed by atoms with van der Waals surface area (Å²) in [7, 11) is 0. The van der Waals surface area contributed by atoms with Gasteiger partial charge in [0.2, 0.25) is 0 Å². The SMILES string of the molecule is Cc1cccc(-c2ccccc2)c1N(c1cccc(-c2ccccc2)c1)c1ccc2ccc3c(N(c4cccc(-c5ccccc5)c4)c4c(C)cccc4-c4ccccc4)cc(C(C)C)c4ccc1c2c43. The van der Waals surface area contributed by atoms with E-state index >= 15 is 0 Å². The van der Waals surface area contributed by atoms with Crippen LogP contribution in [0.15, 0.2) is 249 Å². The van der Waals surface area contributed by atoms with Gasteiger partial charge in [0.15, 0.2) is 0 Å². The highest BCUT2D eigenvalue weighted by atomic mass is 15.2. The lowest BCUT2D eigenvalue weighted by molar-refractivity contribution is 0.876. The molecular formula is C69H54N2. The highest BCUT2D eigenvalue weighted by Gasteiger charge is 2.28. The maximum atomic E-state index is 2.56. The van der Waals surface area contributed by atoms with Crippen molar-refractivity contribution in [2.75, 3.05) is 9.80 Å². The Bertz CT molecular complexity index is 3860. The Kier molecular flexibility index (Phi) is 11.2. The number of hydrogen-bond donors (Lipinski definition) is 0. The van der Waals surface area contributed by atoms with Gasteiger partial charge in [0.25, 0.3) is 0 Å². The lowest BCUT2D eigenvalue weighted by Crippen LogP contribution is -2.15. The van der Waals surface area contributed by atoms with Gasteiger partial charge in [-0.2, -0.15) is 0 Å². The van der Waals surface area contributed by atoms with Gasteiger partial charge in [-0.25, -0.2) is 0 Å². The predicted molar refractivity (Wildman–Crippen MR) is 305 cm³/mol. The molecule has 0 spiro atoms. The number of nitrogens with zero attached hydrogens (tertiary/aromatic N) is 2. The van der Waals surface area contributed by atoms with Crippen LogP contribution in [0.4, 0.5) is 34.1 Å². The third kappa shape index (κ3) is 7.79. The third-order valence-electron chi connectivity index (χ3n) is 14.4. The minimum atomic E-state index is 0.248. The molecule has 0 radical (unpaired) electrons. The summed E-state index contributed by atoms with van der Waals surface area (Å²) in [6, 6.07) is 91.6. The zero-order valence-electron chi connectivity index (χ0n) is 40.6. The van der Waals surface area contributed by atoms with Crippen LogP contribution >= 0.6 is 0 Å². The van der Waals surface area contributed by atoms with Crippen LogP contribution in [0.3, 0.4) is 0 Å². The molecule has 2 heteroatoms. The normalized spacial score (nSPS) is 11.5. The number of anilines is 6. The van der Waals surface area contributed by atoms with Crippen molar-refractivity contribution in [1.82, 2.24) is 0 Å².